The second kappa shape index (κ2) is 6.66. The first-order valence-corrected chi connectivity index (χ1v) is 9.28. The molecule has 1 N–H and O–H groups in total. The number of anilines is 1. The summed E-state index contributed by atoms with van der Waals surface area (Å²) in [7, 11) is 1.78. The molecule has 0 saturated carbocycles. The van der Waals surface area contributed by atoms with Crippen LogP contribution in [0.4, 0.5) is 5.82 Å². The van der Waals surface area contributed by atoms with Gasteiger partial charge in [0.05, 0.1) is 5.56 Å². The number of aromatic nitrogens is 6. The van der Waals surface area contributed by atoms with Gasteiger partial charge in [-0.2, -0.15) is 0 Å². The van der Waals surface area contributed by atoms with Crippen molar-refractivity contribution in [2.75, 3.05) is 31.1 Å². The molecule has 10 nitrogen and oxygen atoms in total. The number of nitrogens with one attached hydrogen (secondary N) is 1. The van der Waals surface area contributed by atoms with Gasteiger partial charge in [-0.1, -0.05) is 23.4 Å². The van der Waals surface area contributed by atoms with Gasteiger partial charge in [-0.05, 0) is 6.07 Å². The van der Waals surface area contributed by atoms with Gasteiger partial charge in [-0.3, -0.25) is 9.59 Å². The number of carbonyl (C=O) groups is 2. The van der Waals surface area contributed by atoms with Gasteiger partial charge in [0.25, 0.3) is 11.7 Å². The predicted molar refractivity (Wildman–Crippen MR) is 106 cm³/mol. The molecule has 1 amide bonds. The summed E-state index contributed by atoms with van der Waals surface area (Å²) in [6, 6.07) is 7.45. The number of aromatic amines is 1. The molecule has 1 aliphatic heterocycles. The molecule has 0 spiro atoms. The van der Waals surface area contributed by atoms with Crippen molar-refractivity contribution in [3.05, 3.63) is 42.4 Å². The highest BCUT2D eigenvalue weighted by Crippen LogP contribution is 2.22. The van der Waals surface area contributed by atoms with Crippen molar-refractivity contribution in [3.8, 4) is 0 Å². The Hall–Kier alpha value is -3.82. The fourth-order valence-corrected chi connectivity index (χ4v) is 3.71. The first-order chi connectivity index (χ1) is 14.1. The van der Waals surface area contributed by atoms with Crippen LogP contribution in [-0.4, -0.2) is 72.7 Å². The maximum Gasteiger partial charge on any atom is 0.295 e. The molecule has 3 aromatic heterocycles. The lowest BCUT2D eigenvalue weighted by Crippen LogP contribution is -2.51. The van der Waals surface area contributed by atoms with Gasteiger partial charge in [0.1, 0.15) is 6.33 Å². The van der Waals surface area contributed by atoms with E-state index >= 15 is 0 Å². The lowest BCUT2D eigenvalue weighted by molar-refractivity contribution is -0.126. The number of Topliss-reactive ketones (excluding diaryl/α,β-unsaturated/α-hetero) is 1. The molecule has 0 aliphatic carbocycles. The molecule has 5 rings (SSSR count). The molecular weight excluding hydrogens is 372 g/mol. The van der Waals surface area contributed by atoms with Crippen molar-refractivity contribution in [3.63, 3.8) is 0 Å². The smallest absolute Gasteiger partial charge is 0.295 e. The molecule has 4 heterocycles. The topological polar surface area (TPSA) is 113 Å². The van der Waals surface area contributed by atoms with Crippen LogP contribution < -0.4 is 4.90 Å². The maximum atomic E-state index is 12.8. The molecular formula is C19H18N8O2. The number of hydrogen-bond acceptors (Lipinski definition) is 7. The number of aryl methyl sites for hydroxylation is 1. The lowest BCUT2D eigenvalue weighted by atomic mass is 10.1. The highest BCUT2D eigenvalue weighted by Gasteiger charge is 2.29. The number of H-pyrrole nitrogens is 1. The second-order valence-corrected chi connectivity index (χ2v) is 6.94. The summed E-state index contributed by atoms with van der Waals surface area (Å²) in [5.74, 6) is -0.283. The van der Waals surface area contributed by atoms with E-state index in [9.17, 15) is 9.59 Å². The van der Waals surface area contributed by atoms with Crippen LogP contribution in [0, 0.1) is 0 Å². The Bertz CT molecular complexity index is 1240. The number of rotatable bonds is 3. The van der Waals surface area contributed by atoms with Crippen molar-refractivity contribution in [1.82, 2.24) is 34.8 Å². The van der Waals surface area contributed by atoms with Crippen molar-refractivity contribution in [2.24, 2.45) is 7.05 Å². The lowest BCUT2D eigenvalue weighted by Gasteiger charge is -2.34. The molecule has 29 heavy (non-hydrogen) atoms. The van der Waals surface area contributed by atoms with E-state index in [0.717, 1.165) is 10.9 Å². The molecule has 146 valence electrons. The molecule has 0 atom stereocenters. The van der Waals surface area contributed by atoms with Crippen molar-refractivity contribution >= 4 is 39.6 Å². The first-order valence-electron chi connectivity index (χ1n) is 9.28. The quantitative estimate of drug-likeness (QED) is 0.406. The van der Waals surface area contributed by atoms with E-state index in [-0.39, 0.29) is 0 Å². The number of para-hydroxylation sites is 1. The van der Waals surface area contributed by atoms with E-state index in [4.69, 9.17) is 0 Å². The van der Waals surface area contributed by atoms with Crippen LogP contribution in [0.2, 0.25) is 0 Å². The highest BCUT2D eigenvalue weighted by atomic mass is 16.2. The second-order valence-electron chi connectivity index (χ2n) is 6.94. The standard InChI is InChI=1S/C19H18N8O2/c1-25-17-15(23-24-25)18(22-11-21-17)26-6-8-27(9-7-26)19(29)16(28)13-10-20-14-5-3-2-4-12(13)14/h2-5,10-11,20H,6-9H2,1H3. The SMILES string of the molecule is Cn1nnc2c(N3CCN(C(=O)C(=O)c4c[nH]c5ccccc45)CC3)ncnc21. The molecule has 1 aliphatic rings. The minimum absolute atomic E-state index is 0.407. The molecule has 0 radical (unpaired) electrons. The van der Waals surface area contributed by atoms with Gasteiger partial charge in [-0.25, -0.2) is 14.6 Å². The fraction of sp³-hybridized carbons (Fsp3) is 0.263. The summed E-state index contributed by atoms with van der Waals surface area (Å²) in [5, 5.41) is 8.90. The highest BCUT2D eigenvalue weighted by molar-refractivity contribution is 6.44. The van der Waals surface area contributed by atoms with E-state index in [1.54, 1.807) is 22.8 Å². The Morgan fingerprint density at radius 3 is 2.69 bits per heavy atom. The Morgan fingerprint density at radius 2 is 1.86 bits per heavy atom. The van der Waals surface area contributed by atoms with E-state index < -0.39 is 11.7 Å². The van der Waals surface area contributed by atoms with Crippen molar-refractivity contribution < 1.29 is 9.59 Å². The van der Waals surface area contributed by atoms with E-state index in [2.05, 4.69) is 25.3 Å². The number of benzene rings is 1. The Morgan fingerprint density at radius 1 is 1.07 bits per heavy atom. The van der Waals surface area contributed by atoms with Gasteiger partial charge in [0, 0.05) is 50.3 Å². The zero-order chi connectivity index (χ0) is 20.0. The fourth-order valence-electron chi connectivity index (χ4n) is 3.71. The number of carbonyl (C=O) groups excluding carboxylic acids is 2. The molecule has 1 saturated heterocycles. The molecule has 4 aromatic rings. The van der Waals surface area contributed by atoms with Gasteiger partial charge in [0.15, 0.2) is 17.0 Å². The summed E-state index contributed by atoms with van der Waals surface area (Å²) in [4.78, 5) is 40.8. The average Bonchev–Trinajstić information content (AvgIpc) is 3.37. The van der Waals surface area contributed by atoms with Crippen LogP contribution in [-0.2, 0) is 11.8 Å². The van der Waals surface area contributed by atoms with Gasteiger partial charge < -0.3 is 14.8 Å². The van der Waals surface area contributed by atoms with E-state index in [1.165, 1.54) is 6.33 Å². The normalized spacial score (nSPS) is 14.7. The monoisotopic (exact) mass is 390 g/mol. The number of fused-ring (bicyclic) bond motifs is 2. The average molecular weight is 390 g/mol. The Balaban J connectivity index is 1.32. The third-order valence-electron chi connectivity index (χ3n) is 5.26. The Kier molecular flexibility index (Phi) is 3.97. The largest absolute Gasteiger partial charge is 0.360 e. The number of nitrogens with zero attached hydrogens (tertiary/aromatic N) is 7. The minimum atomic E-state index is -0.491. The number of amides is 1. The van der Waals surface area contributed by atoms with Gasteiger partial charge in [-0.15, -0.1) is 5.10 Å². The third-order valence-corrected chi connectivity index (χ3v) is 5.26. The zero-order valence-corrected chi connectivity index (χ0v) is 15.7. The van der Waals surface area contributed by atoms with Crippen molar-refractivity contribution in [2.45, 2.75) is 0 Å². The summed E-state index contributed by atoms with van der Waals surface area (Å²) in [6.45, 7) is 1.96. The molecule has 0 unspecified atom stereocenters. The van der Waals surface area contributed by atoms with E-state index in [1.807, 2.05) is 29.2 Å². The number of piperazine rings is 1. The van der Waals surface area contributed by atoms with Gasteiger partial charge in [0.2, 0.25) is 0 Å². The number of hydrogen-bond donors (Lipinski definition) is 1. The van der Waals surface area contributed by atoms with Gasteiger partial charge >= 0.3 is 0 Å². The molecule has 1 fully saturated rings. The van der Waals surface area contributed by atoms with Crippen LogP contribution in [0.5, 0.6) is 0 Å². The van der Waals surface area contributed by atoms with Crippen LogP contribution in [0.1, 0.15) is 10.4 Å². The first kappa shape index (κ1) is 17.3. The summed E-state index contributed by atoms with van der Waals surface area (Å²) >= 11 is 0. The summed E-state index contributed by atoms with van der Waals surface area (Å²) in [5.41, 5.74) is 2.53. The Labute approximate surface area is 165 Å². The summed E-state index contributed by atoms with van der Waals surface area (Å²) < 4.78 is 1.60. The minimum Gasteiger partial charge on any atom is -0.360 e. The third kappa shape index (κ3) is 2.80. The van der Waals surface area contributed by atoms with Crippen LogP contribution >= 0.6 is 0 Å². The zero-order valence-electron chi connectivity index (χ0n) is 15.7. The molecule has 1 aromatic carbocycles. The van der Waals surface area contributed by atoms with Crippen LogP contribution in [0.25, 0.3) is 22.1 Å². The maximum absolute atomic E-state index is 12.8. The molecule has 0 bridgehead atoms. The van der Waals surface area contributed by atoms with E-state index in [0.29, 0.717) is 48.7 Å². The summed E-state index contributed by atoms with van der Waals surface area (Å²) in [6.07, 6.45) is 3.09. The van der Waals surface area contributed by atoms with Crippen molar-refractivity contribution in [1.29, 1.82) is 0 Å². The van der Waals surface area contributed by atoms with Crippen LogP contribution in [0.3, 0.4) is 0 Å². The van der Waals surface area contributed by atoms with Crippen LogP contribution in [0.15, 0.2) is 36.8 Å². The number of ketones is 1. The predicted octanol–water partition coefficient (Wildman–Crippen LogP) is 0.771. The molecule has 10 heteroatoms.